The number of hydrogen-bond donors (Lipinski definition) is 2. The third kappa shape index (κ3) is 8.15. The summed E-state index contributed by atoms with van der Waals surface area (Å²) in [5.41, 5.74) is 2.22. The van der Waals surface area contributed by atoms with Gasteiger partial charge in [0.25, 0.3) is 0 Å². The van der Waals surface area contributed by atoms with Crippen LogP contribution in [-0.2, 0) is 9.47 Å². The van der Waals surface area contributed by atoms with Crippen molar-refractivity contribution in [2.24, 2.45) is 0 Å². The van der Waals surface area contributed by atoms with Crippen LogP contribution in [0.1, 0.15) is 25.3 Å². The van der Waals surface area contributed by atoms with Crippen LogP contribution in [0.2, 0.25) is 0 Å². The summed E-state index contributed by atoms with van der Waals surface area (Å²) in [5, 5.41) is 13.0. The van der Waals surface area contributed by atoms with E-state index in [-0.39, 0.29) is 0 Å². The monoisotopic (exact) mass is 281 g/mol. The van der Waals surface area contributed by atoms with E-state index in [1.54, 1.807) is 0 Å². The van der Waals surface area contributed by atoms with Gasteiger partial charge in [0.1, 0.15) is 0 Å². The average molecular weight is 281 g/mol. The smallest absolute Gasteiger partial charge is 0.0945 e. The van der Waals surface area contributed by atoms with E-state index in [9.17, 15) is 5.11 Å². The second kappa shape index (κ2) is 10.7. The van der Waals surface area contributed by atoms with Crippen LogP contribution >= 0.6 is 0 Å². The van der Waals surface area contributed by atoms with Crippen LogP contribution in [0.4, 0.5) is 5.69 Å². The molecule has 1 rings (SSSR count). The van der Waals surface area contributed by atoms with E-state index in [0.717, 1.165) is 25.1 Å². The molecule has 1 aromatic rings. The van der Waals surface area contributed by atoms with Crippen molar-refractivity contribution in [3.63, 3.8) is 0 Å². The molecule has 0 aliphatic carbocycles. The second-order valence-corrected chi connectivity index (χ2v) is 4.95. The Kier molecular flexibility index (Phi) is 9.04. The highest BCUT2D eigenvalue weighted by Gasteiger charge is 2.04. The molecule has 0 saturated heterocycles. The first-order valence-corrected chi connectivity index (χ1v) is 7.36. The van der Waals surface area contributed by atoms with Gasteiger partial charge in [0, 0.05) is 18.8 Å². The van der Waals surface area contributed by atoms with Crippen molar-refractivity contribution in [2.75, 3.05) is 38.3 Å². The van der Waals surface area contributed by atoms with Crippen molar-refractivity contribution in [2.45, 2.75) is 32.8 Å². The summed E-state index contributed by atoms with van der Waals surface area (Å²) in [4.78, 5) is 0. The Bertz CT molecular complexity index is 357. The molecule has 2 N–H and O–H groups in total. The molecule has 0 amide bonds. The van der Waals surface area contributed by atoms with Gasteiger partial charge >= 0.3 is 0 Å². The van der Waals surface area contributed by atoms with Gasteiger partial charge in [-0.2, -0.15) is 0 Å². The van der Waals surface area contributed by atoms with Crippen molar-refractivity contribution in [3.8, 4) is 0 Å². The fourth-order valence-corrected chi connectivity index (χ4v) is 1.74. The topological polar surface area (TPSA) is 50.7 Å². The average Bonchev–Trinajstić information content (AvgIpc) is 2.44. The molecule has 1 unspecified atom stereocenters. The van der Waals surface area contributed by atoms with Crippen molar-refractivity contribution in [1.82, 2.24) is 0 Å². The largest absolute Gasteiger partial charge is 0.389 e. The minimum atomic E-state index is -0.508. The van der Waals surface area contributed by atoms with Gasteiger partial charge in [0.15, 0.2) is 0 Å². The molecule has 0 aliphatic heterocycles. The summed E-state index contributed by atoms with van der Waals surface area (Å²) in [6.07, 6.45) is 1.72. The van der Waals surface area contributed by atoms with E-state index >= 15 is 0 Å². The Morgan fingerprint density at radius 3 is 2.75 bits per heavy atom. The van der Waals surface area contributed by atoms with Crippen molar-refractivity contribution in [1.29, 1.82) is 0 Å². The number of benzene rings is 1. The minimum absolute atomic E-state index is 0.329. The molecule has 1 aromatic carbocycles. The summed E-state index contributed by atoms with van der Waals surface area (Å²) < 4.78 is 10.7. The number of aliphatic hydroxyl groups is 1. The van der Waals surface area contributed by atoms with Crippen LogP contribution in [0, 0.1) is 6.92 Å². The lowest BCUT2D eigenvalue weighted by molar-refractivity contribution is 0.00749. The Morgan fingerprint density at radius 2 is 2.00 bits per heavy atom. The van der Waals surface area contributed by atoms with E-state index in [0.29, 0.717) is 26.4 Å². The van der Waals surface area contributed by atoms with Gasteiger partial charge in [-0.25, -0.2) is 0 Å². The first-order valence-electron chi connectivity index (χ1n) is 7.36. The molecule has 0 aromatic heterocycles. The van der Waals surface area contributed by atoms with Crippen LogP contribution < -0.4 is 5.32 Å². The maximum absolute atomic E-state index is 9.79. The first kappa shape index (κ1) is 17.0. The van der Waals surface area contributed by atoms with E-state index in [1.165, 1.54) is 5.56 Å². The van der Waals surface area contributed by atoms with Gasteiger partial charge in [-0.05, 0) is 31.0 Å². The molecule has 4 heteroatoms. The zero-order valence-corrected chi connectivity index (χ0v) is 12.6. The summed E-state index contributed by atoms with van der Waals surface area (Å²) in [6, 6.07) is 8.08. The molecule has 114 valence electrons. The highest BCUT2D eigenvalue weighted by atomic mass is 16.5. The molecule has 0 fully saturated rings. The summed E-state index contributed by atoms with van der Waals surface area (Å²) in [6.45, 7) is 6.91. The molecular weight excluding hydrogens is 254 g/mol. The summed E-state index contributed by atoms with van der Waals surface area (Å²) >= 11 is 0. The summed E-state index contributed by atoms with van der Waals surface area (Å²) in [5.74, 6) is 0. The minimum Gasteiger partial charge on any atom is -0.389 e. The van der Waals surface area contributed by atoms with Gasteiger partial charge in [-0.3, -0.25) is 0 Å². The molecule has 0 aliphatic rings. The normalized spacial score (nSPS) is 12.3. The molecule has 0 bridgehead atoms. The number of hydrogen-bond acceptors (Lipinski definition) is 4. The van der Waals surface area contributed by atoms with Crippen LogP contribution in [0.3, 0.4) is 0 Å². The number of anilines is 1. The number of unbranched alkanes of at least 4 members (excludes halogenated alkanes) is 1. The molecule has 0 saturated carbocycles. The maximum atomic E-state index is 9.79. The Balaban J connectivity index is 2.01. The third-order valence-corrected chi connectivity index (χ3v) is 2.88. The van der Waals surface area contributed by atoms with E-state index in [1.807, 2.05) is 25.1 Å². The SMILES string of the molecule is CCCCOCCOCC(O)CNc1cccc(C)c1. The van der Waals surface area contributed by atoms with Gasteiger partial charge in [-0.15, -0.1) is 0 Å². The second-order valence-electron chi connectivity index (χ2n) is 4.95. The van der Waals surface area contributed by atoms with Gasteiger partial charge in [0.2, 0.25) is 0 Å². The highest BCUT2D eigenvalue weighted by Crippen LogP contribution is 2.09. The van der Waals surface area contributed by atoms with Crippen LogP contribution in [0.15, 0.2) is 24.3 Å². The lowest BCUT2D eigenvalue weighted by Crippen LogP contribution is -2.25. The van der Waals surface area contributed by atoms with Gasteiger partial charge in [-0.1, -0.05) is 25.5 Å². The highest BCUT2D eigenvalue weighted by molar-refractivity contribution is 5.45. The fraction of sp³-hybridized carbons (Fsp3) is 0.625. The van der Waals surface area contributed by atoms with Crippen molar-refractivity contribution in [3.05, 3.63) is 29.8 Å². The zero-order chi connectivity index (χ0) is 14.6. The van der Waals surface area contributed by atoms with E-state index < -0.39 is 6.10 Å². The lowest BCUT2D eigenvalue weighted by atomic mass is 10.2. The fourth-order valence-electron chi connectivity index (χ4n) is 1.74. The molecule has 0 heterocycles. The molecular formula is C16H27NO3. The van der Waals surface area contributed by atoms with Crippen LogP contribution in [0.25, 0.3) is 0 Å². The predicted octanol–water partition coefficient (Wildman–Crippen LogP) is 2.60. The molecule has 0 spiro atoms. The predicted molar refractivity (Wildman–Crippen MR) is 82.2 cm³/mol. The first-order chi connectivity index (χ1) is 9.72. The quantitative estimate of drug-likeness (QED) is 0.612. The zero-order valence-electron chi connectivity index (χ0n) is 12.6. The Labute approximate surface area is 122 Å². The molecule has 0 radical (unpaired) electrons. The summed E-state index contributed by atoms with van der Waals surface area (Å²) in [7, 11) is 0. The number of rotatable bonds is 11. The van der Waals surface area contributed by atoms with Crippen LogP contribution in [0.5, 0.6) is 0 Å². The molecule has 1 atom stereocenters. The Morgan fingerprint density at radius 1 is 1.20 bits per heavy atom. The van der Waals surface area contributed by atoms with Crippen LogP contribution in [-0.4, -0.2) is 44.2 Å². The third-order valence-electron chi connectivity index (χ3n) is 2.88. The number of aliphatic hydroxyl groups excluding tert-OH is 1. The molecule has 4 nitrogen and oxygen atoms in total. The molecule has 20 heavy (non-hydrogen) atoms. The standard InChI is InChI=1S/C16H27NO3/c1-3-4-8-19-9-10-20-13-16(18)12-17-15-7-5-6-14(2)11-15/h5-7,11,16-18H,3-4,8-10,12-13H2,1-2H3. The number of aryl methyl sites for hydroxylation is 1. The number of nitrogens with one attached hydrogen (secondary N) is 1. The number of ether oxygens (including phenoxy) is 2. The van der Waals surface area contributed by atoms with E-state index in [4.69, 9.17) is 9.47 Å². The van der Waals surface area contributed by atoms with E-state index in [2.05, 4.69) is 18.3 Å². The van der Waals surface area contributed by atoms with Gasteiger partial charge in [0.05, 0.1) is 25.9 Å². The van der Waals surface area contributed by atoms with Gasteiger partial charge < -0.3 is 19.9 Å². The maximum Gasteiger partial charge on any atom is 0.0945 e. The Hall–Kier alpha value is -1.10. The van der Waals surface area contributed by atoms with Crippen molar-refractivity contribution < 1.29 is 14.6 Å². The van der Waals surface area contributed by atoms with Crippen molar-refractivity contribution >= 4 is 5.69 Å². The lowest BCUT2D eigenvalue weighted by Gasteiger charge is -2.13.